The Morgan fingerprint density at radius 3 is 2.69 bits per heavy atom. The Bertz CT molecular complexity index is 1220. The summed E-state index contributed by atoms with van der Waals surface area (Å²) in [5.74, 6) is -1.53. The molecule has 1 aliphatic carbocycles. The molecule has 1 aromatic carbocycles. The number of amides is 2. The quantitative estimate of drug-likeness (QED) is 0.489. The van der Waals surface area contributed by atoms with E-state index in [9.17, 15) is 14.0 Å². The number of fused-ring (bicyclic) bond motifs is 1. The molecule has 2 aliphatic rings. The minimum atomic E-state index is -1.17. The summed E-state index contributed by atoms with van der Waals surface area (Å²) >= 11 is 1.12. The molecule has 2 heterocycles. The van der Waals surface area contributed by atoms with Crippen molar-refractivity contribution in [1.82, 2.24) is 15.3 Å². The Morgan fingerprint density at radius 2 is 2.06 bits per heavy atom. The summed E-state index contributed by atoms with van der Waals surface area (Å²) < 4.78 is 32.7. The molecule has 1 aromatic heterocycles. The van der Waals surface area contributed by atoms with Gasteiger partial charge in [0.15, 0.2) is 5.17 Å². The van der Waals surface area contributed by atoms with Crippen molar-refractivity contribution in [3.05, 3.63) is 47.7 Å². The van der Waals surface area contributed by atoms with Crippen molar-refractivity contribution in [2.24, 2.45) is 16.6 Å². The maximum atomic E-state index is 15.1. The number of alkyl halides is 1. The zero-order valence-electron chi connectivity index (χ0n) is 20.4. The molecule has 0 unspecified atom stereocenters. The standard InChI is InChI=1S/C24H28F2N6O3S/c1-5-35-18-11-28-16(10-29-18)19(33)30-13-6-7-15(26)14(8-13)23(4)17-9-24(17,36-21(27)32-23)20(34)31-22(2,3)12-25/h6-8,10-11,17H,5,9,12H2,1-4H3,(H2,27,32)(H,30,33)(H,31,34)/t17-,23+,24-/m0/s1. The molecular weight excluding hydrogens is 490 g/mol. The number of nitrogens with two attached hydrogens (primary N) is 1. The Morgan fingerprint density at radius 1 is 1.31 bits per heavy atom. The minimum Gasteiger partial charge on any atom is -0.477 e. The van der Waals surface area contributed by atoms with Gasteiger partial charge in [0, 0.05) is 17.2 Å². The van der Waals surface area contributed by atoms with Crippen LogP contribution >= 0.6 is 11.8 Å². The van der Waals surface area contributed by atoms with Gasteiger partial charge in [-0.25, -0.2) is 18.7 Å². The van der Waals surface area contributed by atoms with Gasteiger partial charge in [0.05, 0.1) is 30.1 Å². The minimum absolute atomic E-state index is 0.0558. The van der Waals surface area contributed by atoms with E-state index in [4.69, 9.17) is 10.5 Å². The first-order valence-electron chi connectivity index (χ1n) is 11.4. The van der Waals surface area contributed by atoms with Gasteiger partial charge in [0.25, 0.3) is 5.91 Å². The summed E-state index contributed by atoms with van der Waals surface area (Å²) in [6, 6.07) is 4.13. The van der Waals surface area contributed by atoms with Crippen LogP contribution in [0.5, 0.6) is 5.88 Å². The van der Waals surface area contributed by atoms with Crippen LogP contribution in [0.25, 0.3) is 0 Å². The van der Waals surface area contributed by atoms with Crippen molar-refractivity contribution >= 4 is 34.4 Å². The highest BCUT2D eigenvalue weighted by atomic mass is 32.2. The molecule has 12 heteroatoms. The molecule has 1 aliphatic heterocycles. The lowest BCUT2D eigenvalue weighted by atomic mass is 9.85. The lowest BCUT2D eigenvalue weighted by Crippen LogP contribution is -2.52. The Labute approximate surface area is 211 Å². The van der Waals surface area contributed by atoms with Crippen LogP contribution in [0.2, 0.25) is 0 Å². The molecule has 4 rings (SSSR count). The summed E-state index contributed by atoms with van der Waals surface area (Å²) in [6.45, 7) is 6.37. The number of anilines is 1. The van der Waals surface area contributed by atoms with E-state index in [1.807, 2.05) is 0 Å². The van der Waals surface area contributed by atoms with E-state index in [1.165, 1.54) is 30.6 Å². The summed E-state index contributed by atoms with van der Waals surface area (Å²) in [4.78, 5) is 38.4. The summed E-state index contributed by atoms with van der Waals surface area (Å²) in [5, 5.41) is 5.56. The van der Waals surface area contributed by atoms with Gasteiger partial charge < -0.3 is 21.1 Å². The van der Waals surface area contributed by atoms with Crippen LogP contribution in [0.1, 0.15) is 50.2 Å². The van der Waals surface area contributed by atoms with Crippen LogP contribution < -0.4 is 21.1 Å². The number of hydrogen-bond acceptors (Lipinski definition) is 8. The zero-order chi connectivity index (χ0) is 26.3. The molecule has 4 N–H and O–H groups in total. The van der Waals surface area contributed by atoms with Crippen molar-refractivity contribution in [2.75, 3.05) is 18.6 Å². The number of aromatic nitrogens is 2. The number of rotatable bonds is 8. The number of carbonyl (C=O) groups excluding carboxylic acids is 2. The first-order valence-corrected chi connectivity index (χ1v) is 12.2. The third-order valence-electron chi connectivity index (χ3n) is 6.31. The number of thioether (sulfide) groups is 1. The SMILES string of the molecule is CCOc1cnc(C(=O)Nc2ccc(F)c([C@@]3(C)N=C(N)S[C@@]4(C(=O)NC(C)(C)CF)C[C@H]43)c2)cn1. The van der Waals surface area contributed by atoms with Crippen LogP contribution in [0.4, 0.5) is 14.5 Å². The van der Waals surface area contributed by atoms with Crippen LogP contribution in [0.15, 0.2) is 35.6 Å². The maximum Gasteiger partial charge on any atom is 0.275 e. The number of ether oxygens (including phenoxy) is 1. The molecule has 2 amide bonds. The number of halogens is 2. The predicted molar refractivity (Wildman–Crippen MR) is 133 cm³/mol. The molecule has 192 valence electrons. The Hall–Kier alpha value is -3.28. The number of nitrogens with one attached hydrogen (secondary N) is 2. The lowest BCUT2D eigenvalue weighted by Gasteiger charge is -2.35. The van der Waals surface area contributed by atoms with E-state index >= 15 is 4.39 Å². The highest BCUT2D eigenvalue weighted by Crippen LogP contribution is 2.66. The van der Waals surface area contributed by atoms with Crippen molar-refractivity contribution in [3.8, 4) is 5.88 Å². The first-order chi connectivity index (χ1) is 16.9. The van der Waals surface area contributed by atoms with Gasteiger partial charge in [0.2, 0.25) is 11.8 Å². The smallest absolute Gasteiger partial charge is 0.275 e. The van der Waals surface area contributed by atoms with Gasteiger partial charge in [0.1, 0.15) is 22.9 Å². The molecule has 0 saturated heterocycles. The molecule has 1 fully saturated rings. The summed E-state index contributed by atoms with van der Waals surface area (Å²) in [7, 11) is 0. The van der Waals surface area contributed by atoms with Gasteiger partial charge in [-0.3, -0.25) is 14.6 Å². The van der Waals surface area contributed by atoms with Crippen molar-refractivity contribution in [2.45, 2.75) is 49.9 Å². The van der Waals surface area contributed by atoms with Crippen LogP contribution in [-0.4, -0.2) is 50.5 Å². The fourth-order valence-electron chi connectivity index (χ4n) is 4.36. The second-order valence-corrected chi connectivity index (χ2v) is 11.0. The molecule has 9 nitrogen and oxygen atoms in total. The van der Waals surface area contributed by atoms with Crippen LogP contribution in [0.3, 0.4) is 0 Å². The highest BCUT2D eigenvalue weighted by Gasteiger charge is 2.71. The average molecular weight is 519 g/mol. The van der Waals surface area contributed by atoms with Crippen LogP contribution in [0, 0.1) is 11.7 Å². The normalized spacial score (nSPS) is 24.8. The predicted octanol–water partition coefficient (Wildman–Crippen LogP) is 3.17. The number of hydrogen-bond donors (Lipinski definition) is 3. The van der Waals surface area contributed by atoms with Gasteiger partial charge in [-0.1, -0.05) is 11.8 Å². The number of nitrogens with zero attached hydrogens (tertiary/aromatic N) is 3. The summed E-state index contributed by atoms with van der Waals surface area (Å²) in [5.41, 5.74) is 4.45. The largest absolute Gasteiger partial charge is 0.477 e. The fraction of sp³-hybridized carbons (Fsp3) is 0.458. The Balaban J connectivity index is 1.59. The molecule has 36 heavy (non-hydrogen) atoms. The molecule has 0 radical (unpaired) electrons. The van der Waals surface area contributed by atoms with Crippen molar-refractivity contribution < 1.29 is 23.1 Å². The topological polar surface area (TPSA) is 132 Å². The van der Waals surface area contributed by atoms with Gasteiger partial charge in [-0.2, -0.15) is 0 Å². The number of carbonyl (C=O) groups is 2. The average Bonchev–Trinajstić information content (AvgIpc) is 3.57. The molecular formula is C24H28F2N6O3S. The summed E-state index contributed by atoms with van der Waals surface area (Å²) in [6.07, 6.45) is 3.02. The number of benzene rings is 1. The van der Waals surface area contributed by atoms with Crippen molar-refractivity contribution in [3.63, 3.8) is 0 Å². The lowest BCUT2D eigenvalue weighted by molar-refractivity contribution is -0.123. The van der Waals surface area contributed by atoms with E-state index in [1.54, 1.807) is 27.7 Å². The maximum absolute atomic E-state index is 15.1. The highest BCUT2D eigenvalue weighted by molar-refractivity contribution is 8.15. The van der Waals surface area contributed by atoms with Crippen molar-refractivity contribution in [1.29, 1.82) is 0 Å². The van der Waals surface area contributed by atoms with Gasteiger partial charge in [-0.15, -0.1) is 0 Å². The first kappa shape index (κ1) is 25.8. The molecule has 1 saturated carbocycles. The third kappa shape index (κ3) is 4.73. The van der Waals surface area contributed by atoms with E-state index in [-0.39, 0.29) is 28.3 Å². The van der Waals surface area contributed by atoms with E-state index < -0.39 is 34.2 Å². The second kappa shape index (κ2) is 9.30. The molecule has 0 bridgehead atoms. The second-order valence-electron chi connectivity index (χ2n) is 9.64. The third-order valence-corrected chi connectivity index (χ3v) is 7.61. The number of aliphatic imine (C=N–C) groups is 1. The van der Waals surface area contributed by atoms with Crippen LogP contribution in [-0.2, 0) is 10.3 Å². The molecule has 0 spiro atoms. The van der Waals surface area contributed by atoms with E-state index in [0.29, 0.717) is 24.6 Å². The van der Waals surface area contributed by atoms with Gasteiger partial charge in [-0.05, 0) is 52.3 Å². The molecule has 3 atom stereocenters. The molecule has 2 aromatic rings. The Kier molecular flexibility index (Phi) is 6.67. The van der Waals surface area contributed by atoms with E-state index in [0.717, 1.165) is 11.8 Å². The monoisotopic (exact) mass is 518 g/mol. The van der Waals surface area contributed by atoms with Gasteiger partial charge >= 0.3 is 0 Å². The number of amidine groups is 1. The van der Waals surface area contributed by atoms with E-state index in [2.05, 4.69) is 25.6 Å². The fourth-order valence-corrected chi connectivity index (χ4v) is 5.73. The zero-order valence-corrected chi connectivity index (χ0v) is 21.2.